The molecule has 0 spiro atoms. The van der Waals surface area contributed by atoms with Gasteiger partial charge >= 0.3 is 0 Å². The molecule has 1 aromatic carbocycles. The molecule has 0 amide bonds. The molecule has 2 aliphatic rings. The number of nitrogens with two attached hydrogens (primary N) is 1. The van der Waals surface area contributed by atoms with Crippen LogP contribution < -0.4 is 5.73 Å². The number of rotatable bonds is 3. The Labute approximate surface area is 118 Å². The summed E-state index contributed by atoms with van der Waals surface area (Å²) in [5.74, 6) is -0.692. The van der Waals surface area contributed by atoms with Crippen molar-refractivity contribution in [2.75, 3.05) is 31.9 Å². The molecule has 2 fully saturated rings. The molecule has 1 aromatic rings. The number of nitrogens with zero attached hydrogens (tertiary/aromatic N) is 2. The lowest BCUT2D eigenvalue weighted by Crippen LogP contribution is -2.49. The fourth-order valence-electron chi connectivity index (χ4n) is 2.57. The van der Waals surface area contributed by atoms with Crippen LogP contribution in [0.2, 0.25) is 0 Å². The molecular formula is C13H18FN3O2S. The average molecular weight is 299 g/mol. The molecular weight excluding hydrogens is 281 g/mol. The highest BCUT2D eigenvalue weighted by atomic mass is 32.2. The zero-order chi connectivity index (χ0) is 14.3. The minimum Gasteiger partial charge on any atom is -0.396 e. The Bertz CT molecular complexity index is 608. The predicted octanol–water partition coefficient (Wildman–Crippen LogP) is 0.877. The Kier molecular flexibility index (Phi) is 3.43. The molecule has 3 rings (SSSR count). The zero-order valence-electron chi connectivity index (χ0n) is 11.1. The van der Waals surface area contributed by atoms with E-state index in [0.29, 0.717) is 19.1 Å². The van der Waals surface area contributed by atoms with Crippen molar-refractivity contribution in [2.24, 2.45) is 0 Å². The van der Waals surface area contributed by atoms with Crippen molar-refractivity contribution in [3.63, 3.8) is 0 Å². The minimum atomic E-state index is -3.62. The summed E-state index contributed by atoms with van der Waals surface area (Å²) in [7, 11) is -3.62. The summed E-state index contributed by atoms with van der Waals surface area (Å²) in [6.45, 7) is 2.43. The van der Waals surface area contributed by atoms with E-state index in [-0.39, 0.29) is 10.6 Å². The van der Waals surface area contributed by atoms with Gasteiger partial charge in [-0.25, -0.2) is 12.8 Å². The molecule has 0 radical (unpaired) electrons. The van der Waals surface area contributed by atoms with Gasteiger partial charge in [0.1, 0.15) is 5.82 Å². The summed E-state index contributed by atoms with van der Waals surface area (Å²) >= 11 is 0. The van der Waals surface area contributed by atoms with E-state index in [1.165, 1.54) is 29.3 Å². The van der Waals surface area contributed by atoms with Crippen LogP contribution in [0.25, 0.3) is 0 Å². The maximum Gasteiger partial charge on any atom is 0.243 e. The SMILES string of the molecule is Nc1ccc(S(=O)(=O)N2CCN(C3CC3)CC2)cc1F. The number of hydrogen-bond acceptors (Lipinski definition) is 4. The Morgan fingerprint density at radius 3 is 2.35 bits per heavy atom. The number of hydrogen-bond donors (Lipinski definition) is 1. The highest BCUT2D eigenvalue weighted by Gasteiger charge is 2.34. The van der Waals surface area contributed by atoms with Crippen LogP contribution in [0.5, 0.6) is 0 Å². The number of nitrogen functional groups attached to an aromatic ring is 1. The highest BCUT2D eigenvalue weighted by Crippen LogP contribution is 2.28. The number of piperazine rings is 1. The van der Waals surface area contributed by atoms with E-state index in [4.69, 9.17) is 5.73 Å². The zero-order valence-corrected chi connectivity index (χ0v) is 11.9. The van der Waals surface area contributed by atoms with Gasteiger partial charge in [-0.1, -0.05) is 0 Å². The lowest BCUT2D eigenvalue weighted by Gasteiger charge is -2.34. The summed E-state index contributed by atoms with van der Waals surface area (Å²) in [6.07, 6.45) is 2.44. The highest BCUT2D eigenvalue weighted by molar-refractivity contribution is 7.89. The predicted molar refractivity (Wildman–Crippen MR) is 74.2 cm³/mol. The summed E-state index contributed by atoms with van der Waals surface area (Å²) in [5, 5.41) is 0. The second kappa shape index (κ2) is 4.98. The standard InChI is InChI=1S/C13H18FN3O2S/c14-12-9-11(3-4-13(12)15)20(18,19)17-7-5-16(6-8-17)10-1-2-10/h3-4,9-10H,1-2,5-8,15H2. The number of halogens is 1. The Morgan fingerprint density at radius 2 is 1.80 bits per heavy atom. The third-order valence-electron chi connectivity index (χ3n) is 3.95. The summed E-state index contributed by atoms with van der Waals surface area (Å²) in [4.78, 5) is 2.30. The molecule has 1 aliphatic carbocycles. The molecule has 2 N–H and O–H groups in total. The van der Waals surface area contributed by atoms with Gasteiger partial charge in [-0.05, 0) is 31.0 Å². The van der Waals surface area contributed by atoms with Crippen LogP contribution in [0.3, 0.4) is 0 Å². The largest absolute Gasteiger partial charge is 0.396 e. The molecule has 0 aromatic heterocycles. The molecule has 1 heterocycles. The van der Waals surface area contributed by atoms with Crippen LogP contribution in [-0.4, -0.2) is 49.8 Å². The molecule has 1 aliphatic heterocycles. The molecule has 7 heteroatoms. The van der Waals surface area contributed by atoms with Gasteiger partial charge in [0.15, 0.2) is 0 Å². The van der Waals surface area contributed by atoms with Gasteiger partial charge in [0, 0.05) is 32.2 Å². The Balaban J connectivity index is 1.76. The number of anilines is 1. The van der Waals surface area contributed by atoms with E-state index >= 15 is 0 Å². The lowest BCUT2D eigenvalue weighted by molar-refractivity contribution is 0.180. The van der Waals surface area contributed by atoms with Crippen molar-refractivity contribution in [3.05, 3.63) is 24.0 Å². The first kappa shape index (κ1) is 13.8. The number of sulfonamides is 1. The third-order valence-corrected chi connectivity index (χ3v) is 5.84. The topological polar surface area (TPSA) is 66.6 Å². The lowest BCUT2D eigenvalue weighted by atomic mass is 10.3. The molecule has 1 saturated heterocycles. The van der Waals surface area contributed by atoms with E-state index in [9.17, 15) is 12.8 Å². The van der Waals surface area contributed by atoms with Gasteiger partial charge in [0.25, 0.3) is 0 Å². The van der Waals surface area contributed by atoms with Crippen LogP contribution in [0.1, 0.15) is 12.8 Å². The first-order valence-electron chi connectivity index (χ1n) is 6.78. The Morgan fingerprint density at radius 1 is 1.15 bits per heavy atom. The second-order valence-electron chi connectivity index (χ2n) is 5.35. The summed E-state index contributed by atoms with van der Waals surface area (Å²) in [6, 6.07) is 4.30. The average Bonchev–Trinajstić information content (AvgIpc) is 3.26. The quantitative estimate of drug-likeness (QED) is 0.841. The summed E-state index contributed by atoms with van der Waals surface area (Å²) < 4.78 is 39.7. The van der Waals surface area contributed by atoms with E-state index in [1.54, 1.807) is 0 Å². The van der Waals surface area contributed by atoms with Crippen LogP contribution in [0.4, 0.5) is 10.1 Å². The van der Waals surface area contributed by atoms with Gasteiger partial charge < -0.3 is 5.73 Å². The first-order chi connectivity index (χ1) is 9.48. The molecule has 5 nitrogen and oxygen atoms in total. The van der Waals surface area contributed by atoms with Gasteiger partial charge in [-0.2, -0.15) is 4.31 Å². The Hall–Kier alpha value is -1.18. The smallest absolute Gasteiger partial charge is 0.243 e. The van der Waals surface area contributed by atoms with Crippen molar-refractivity contribution in [2.45, 2.75) is 23.8 Å². The second-order valence-corrected chi connectivity index (χ2v) is 7.29. The van der Waals surface area contributed by atoms with Gasteiger partial charge in [-0.3, -0.25) is 4.90 Å². The van der Waals surface area contributed by atoms with Crippen LogP contribution in [0.15, 0.2) is 23.1 Å². The van der Waals surface area contributed by atoms with E-state index < -0.39 is 15.8 Å². The molecule has 0 bridgehead atoms. The maximum absolute atomic E-state index is 13.4. The van der Waals surface area contributed by atoms with Crippen LogP contribution in [0, 0.1) is 5.82 Å². The van der Waals surface area contributed by atoms with Crippen LogP contribution >= 0.6 is 0 Å². The molecule has 20 heavy (non-hydrogen) atoms. The van der Waals surface area contributed by atoms with E-state index in [2.05, 4.69) is 4.90 Å². The van der Waals surface area contributed by atoms with Crippen molar-refractivity contribution in [3.8, 4) is 0 Å². The fourth-order valence-corrected chi connectivity index (χ4v) is 4.00. The molecule has 1 saturated carbocycles. The molecule has 0 atom stereocenters. The van der Waals surface area contributed by atoms with Gasteiger partial charge in [0.05, 0.1) is 10.6 Å². The monoisotopic (exact) mass is 299 g/mol. The fraction of sp³-hybridized carbons (Fsp3) is 0.538. The normalized spacial score (nSPS) is 22.1. The van der Waals surface area contributed by atoms with Crippen molar-refractivity contribution >= 4 is 15.7 Å². The molecule has 110 valence electrons. The summed E-state index contributed by atoms with van der Waals surface area (Å²) in [5.41, 5.74) is 5.34. The van der Waals surface area contributed by atoms with E-state index in [0.717, 1.165) is 19.2 Å². The van der Waals surface area contributed by atoms with Gasteiger partial charge in [-0.15, -0.1) is 0 Å². The van der Waals surface area contributed by atoms with E-state index in [1.807, 2.05) is 0 Å². The van der Waals surface area contributed by atoms with Crippen molar-refractivity contribution in [1.29, 1.82) is 0 Å². The van der Waals surface area contributed by atoms with Crippen LogP contribution in [-0.2, 0) is 10.0 Å². The number of benzene rings is 1. The van der Waals surface area contributed by atoms with Crippen molar-refractivity contribution < 1.29 is 12.8 Å². The van der Waals surface area contributed by atoms with Gasteiger partial charge in [0.2, 0.25) is 10.0 Å². The maximum atomic E-state index is 13.4. The third kappa shape index (κ3) is 2.53. The molecule has 0 unspecified atom stereocenters. The minimum absolute atomic E-state index is 0.0240. The first-order valence-corrected chi connectivity index (χ1v) is 8.22. The van der Waals surface area contributed by atoms with Crippen molar-refractivity contribution in [1.82, 2.24) is 9.21 Å².